The van der Waals surface area contributed by atoms with Crippen LogP contribution in [0.25, 0.3) is 11.1 Å². The Morgan fingerprint density at radius 2 is 1.62 bits per heavy atom. The molecule has 0 spiro atoms. The average molecular weight is 437 g/mol. The van der Waals surface area contributed by atoms with E-state index in [4.69, 9.17) is 4.74 Å². The van der Waals surface area contributed by atoms with Crippen molar-refractivity contribution in [2.75, 3.05) is 13.2 Å². The zero-order valence-corrected chi connectivity index (χ0v) is 17.2. The molecule has 7 heteroatoms. The molecule has 0 fully saturated rings. The van der Waals surface area contributed by atoms with Crippen molar-refractivity contribution in [3.05, 3.63) is 89.2 Å². The Labute approximate surface area is 184 Å². The van der Waals surface area contributed by atoms with E-state index in [1.165, 1.54) is 0 Å². The van der Waals surface area contributed by atoms with Crippen LogP contribution >= 0.6 is 0 Å². The van der Waals surface area contributed by atoms with Crippen LogP contribution in [-0.4, -0.2) is 40.7 Å². The molecular formula is C25H24FNO5. The number of nitrogens with one attached hydrogen (secondary N) is 1. The molecule has 0 radical (unpaired) electrons. The monoisotopic (exact) mass is 437 g/mol. The molecular weight excluding hydrogens is 413 g/mol. The standard InChI is InChI=1S/C25H24FNO5/c26-15-9-10-22(28)20(13-15)24(30)23(29)11-12-27-25(31)32-14-21-18-7-3-1-5-16(18)17-6-2-4-8-19(17)21/h1-10,13,21,23-24,28-30H,11-12,14H2,(H,27,31). The summed E-state index contributed by atoms with van der Waals surface area (Å²) in [5.41, 5.74) is 4.37. The second-order valence-corrected chi connectivity index (χ2v) is 7.76. The van der Waals surface area contributed by atoms with Gasteiger partial charge in [0.2, 0.25) is 0 Å². The van der Waals surface area contributed by atoms with Crippen LogP contribution in [0.2, 0.25) is 0 Å². The van der Waals surface area contributed by atoms with Crippen molar-refractivity contribution in [3.8, 4) is 16.9 Å². The number of aliphatic hydroxyl groups excluding tert-OH is 2. The molecule has 1 amide bonds. The number of carbonyl (C=O) groups is 1. The zero-order chi connectivity index (χ0) is 22.7. The first-order valence-corrected chi connectivity index (χ1v) is 10.4. The number of rotatable bonds is 7. The fourth-order valence-corrected chi connectivity index (χ4v) is 4.10. The summed E-state index contributed by atoms with van der Waals surface area (Å²) in [7, 11) is 0. The van der Waals surface area contributed by atoms with Gasteiger partial charge in [-0.25, -0.2) is 9.18 Å². The average Bonchev–Trinajstić information content (AvgIpc) is 3.12. The minimum Gasteiger partial charge on any atom is -0.508 e. The van der Waals surface area contributed by atoms with Crippen LogP contribution < -0.4 is 5.32 Å². The summed E-state index contributed by atoms with van der Waals surface area (Å²) >= 11 is 0. The van der Waals surface area contributed by atoms with Crippen LogP contribution in [0.3, 0.4) is 0 Å². The molecule has 166 valence electrons. The Balaban J connectivity index is 1.29. The van der Waals surface area contributed by atoms with Gasteiger partial charge in [-0.05, 0) is 46.9 Å². The number of carbonyl (C=O) groups excluding carboxylic acids is 1. The third-order valence-electron chi connectivity index (χ3n) is 5.73. The summed E-state index contributed by atoms with van der Waals surface area (Å²) in [6.07, 6.45) is -3.45. The molecule has 6 nitrogen and oxygen atoms in total. The van der Waals surface area contributed by atoms with Crippen molar-refractivity contribution in [2.45, 2.75) is 24.5 Å². The molecule has 2 unspecified atom stereocenters. The summed E-state index contributed by atoms with van der Waals surface area (Å²) < 4.78 is 18.8. The maximum absolute atomic E-state index is 13.3. The molecule has 2 atom stereocenters. The minimum atomic E-state index is -1.49. The van der Waals surface area contributed by atoms with E-state index in [1.54, 1.807) is 0 Å². The number of ether oxygens (including phenoxy) is 1. The summed E-state index contributed by atoms with van der Waals surface area (Å²) in [4.78, 5) is 12.2. The maximum atomic E-state index is 13.3. The van der Waals surface area contributed by atoms with Crippen LogP contribution in [0.4, 0.5) is 9.18 Å². The van der Waals surface area contributed by atoms with Crippen molar-refractivity contribution in [3.63, 3.8) is 0 Å². The van der Waals surface area contributed by atoms with Gasteiger partial charge < -0.3 is 25.4 Å². The Morgan fingerprint density at radius 1 is 1.00 bits per heavy atom. The van der Waals surface area contributed by atoms with Crippen molar-refractivity contribution in [1.82, 2.24) is 5.32 Å². The number of aromatic hydroxyl groups is 1. The van der Waals surface area contributed by atoms with E-state index >= 15 is 0 Å². The molecule has 4 N–H and O–H groups in total. The smallest absolute Gasteiger partial charge is 0.407 e. The third kappa shape index (κ3) is 4.44. The lowest BCUT2D eigenvalue weighted by Crippen LogP contribution is -2.30. The van der Waals surface area contributed by atoms with E-state index < -0.39 is 24.1 Å². The van der Waals surface area contributed by atoms with Gasteiger partial charge in [-0.2, -0.15) is 0 Å². The largest absolute Gasteiger partial charge is 0.508 e. The number of fused-ring (bicyclic) bond motifs is 3. The number of phenolic OH excluding ortho intramolecular Hbond substituents is 1. The first-order valence-electron chi connectivity index (χ1n) is 10.4. The van der Waals surface area contributed by atoms with Gasteiger partial charge in [0.25, 0.3) is 0 Å². The van der Waals surface area contributed by atoms with Gasteiger partial charge >= 0.3 is 6.09 Å². The van der Waals surface area contributed by atoms with Crippen molar-refractivity contribution < 1.29 is 29.2 Å². The van der Waals surface area contributed by atoms with Gasteiger partial charge in [-0.3, -0.25) is 0 Å². The Bertz CT molecular complexity index is 1070. The summed E-state index contributed by atoms with van der Waals surface area (Å²) in [6, 6.07) is 19.2. The zero-order valence-electron chi connectivity index (χ0n) is 17.2. The van der Waals surface area contributed by atoms with Crippen molar-refractivity contribution in [1.29, 1.82) is 0 Å². The lowest BCUT2D eigenvalue weighted by Gasteiger charge is -2.19. The predicted molar refractivity (Wildman–Crippen MR) is 117 cm³/mol. The van der Waals surface area contributed by atoms with E-state index in [2.05, 4.69) is 17.4 Å². The first kappa shape index (κ1) is 21.8. The number of alkyl carbamates (subject to hydrolysis) is 1. The number of halogens is 1. The SMILES string of the molecule is O=C(NCCC(O)C(O)c1cc(F)ccc1O)OCC1c2ccccc2-c2ccccc21. The predicted octanol–water partition coefficient (Wildman–Crippen LogP) is 3.85. The molecule has 1 aliphatic carbocycles. The third-order valence-corrected chi connectivity index (χ3v) is 5.73. The molecule has 0 saturated heterocycles. The fourth-order valence-electron chi connectivity index (χ4n) is 4.10. The highest BCUT2D eigenvalue weighted by Crippen LogP contribution is 2.44. The number of hydrogen-bond donors (Lipinski definition) is 4. The molecule has 4 rings (SSSR count). The quantitative estimate of drug-likeness (QED) is 0.450. The Morgan fingerprint density at radius 3 is 2.28 bits per heavy atom. The van der Waals surface area contributed by atoms with E-state index in [1.807, 2.05) is 36.4 Å². The summed E-state index contributed by atoms with van der Waals surface area (Å²) in [6.45, 7) is 0.202. The molecule has 0 bridgehead atoms. The van der Waals surface area contributed by atoms with Crippen LogP contribution in [0.15, 0.2) is 66.7 Å². The molecule has 3 aromatic carbocycles. The van der Waals surface area contributed by atoms with Gasteiger partial charge in [0.1, 0.15) is 24.3 Å². The Hall–Kier alpha value is -3.42. The highest BCUT2D eigenvalue weighted by Gasteiger charge is 2.29. The van der Waals surface area contributed by atoms with Crippen LogP contribution in [0, 0.1) is 5.82 Å². The maximum Gasteiger partial charge on any atom is 0.407 e. The fraction of sp³-hybridized carbons (Fsp3) is 0.240. The summed E-state index contributed by atoms with van der Waals surface area (Å²) in [5, 5.41) is 32.6. The van der Waals surface area contributed by atoms with Crippen molar-refractivity contribution >= 4 is 6.09 Å². The highest BCUT2D eigenvalue weighted by molar-refractivity contribution is 5.79. The number of amides is 1. The second kappa shape index (κ2) is 9.38. The van der Waals surface area contributed by atoms with Crippen LogP contribution in [0.5, 0.6) is 5.75 Å². The second-order valence-electron chi connectivity index (χ2n) is 7.76. The molecule has 0 saturated carbocycles. The normalized spacial score (nSPS) is 14.3. The molecule has 0 aromatic heterocycles. The van der Waals surface area contributed by atoms with E-state index in [-0.39, 0.29) is 36.8 Å². The molecule has 32 heavy (non-hydrogen) atoms. The lowest BCUT2D eigenvalue weighted by molar-refractivity contribution is 0.0122. The Kier molecular flexibility index (Phi) is 6.39. The number of aliphatic hydroxyl groups is 2. The summed E-state index contributed by atoms with van der Waals surface area (Å²) in [5.74, 6) is -1.01. The van der Waals surface area contributed by atoms with E-state index in [0.717, 1.165) is 40.5 Å². The van der Waals surface area contributed by atoms with Crippen molar-refractivity contribution in [2.24, 2.45) is 0 Å². The van der Waals surface area contributed by atoms with Gasteiger partial charge in [-0.15, -0.1) is 0 Å². The van der Waals surface area contributed by atoms with Crippen LogP contribution in [-0.2, 0) is 4.74 Å². The van der Waals surface area contributed by atoms with Gasteiger partial charge in [-0.1, -0.05) is 48.5 Å². The van der Waals surface area contributed by atoms with Gasteiger partial charge in [0.05, 0.1) is 6.10 Å². The number of hydrogen-bond acceptors (Lipinski definition) is 5. The van der Waals surface area contributed by atoms with Gasteiger partial charge in [0, 0.05) is 18.0 Å². The minimum absolute atomic E-state index is 0.0126. The number of benzene rings is 3. The topological polar surface area (TPSA) is 99.0 Å². The molecule has 0 aliphatic heterocycles. The number of phenols is 1. The van der Waals surface area contributed by atoms with Crippen LogP contribution in [0.1, 0.15) is 35.1 Å². The van der Waals surface area contributed by atoms with E-state index in [0.29, 0.717) is 0 Å². The van der Waals surface area contributed by atoms with Gasteiger partial charge in [0.15, 0.2) is 0 Å². The lowest BCUT2D eigenvalue weighted by atomic mass is 9.98. The highest BCUT2D eigenvalue weighted by atomic mass is 19.1. The first-order chi connectivity index (χ1) is 15.5. The van der Waals surface area contributed by atoms with E-state index in [9.17, 15) is 24.5 Å². The molecule has 0 heterocycles. The molecule has 1 aliphatic rings. The molecule has 3 aromatic rings.